The smallest absolute Gasteiger partial charge is 0.123 e. The Bertz CT molecular complexity index is 352. The number of halogens is 1. The van der Waals surface area contributed by atoms with Gasteiger partial charge in [-0.1, -0.05) is 20.8 Å². The van der Waals surface area contributed by atoms with Gasteiger partial charge in [-0.05, 0) is 36.5 Å². The third kappa shape index (κ3) is 4.73. The second-order valence-corrected chi connectivity index (χ2v) is 5.00. The third-order valence-electron chi connectivity index (χ3n) is 2.64. The second-order valence-electron chi connectivity index (χ2n) is 5.00. The minimum absolute atomic E-state index is 0.270. The van der Waals surface area contributed by atoms with Gasteiger partial charge in [0, 0.05) is 12.1 Å². The molecule has 1 unspecified atom stereocenters. The summed E-state index contributed by atoms with van der Waals surface area (Å²) >= 11 is 0. The van der Waals surface area contributed by atoms with Gasteiger partial charge in [-0.3, -0.25) is 0 Å². The van der Waals surface area contributed by atoms with Crippen molar-refractivity contribution in [3.8, 4) is 5.75 Å². The highest BCUT2D eigenvalue weighted by molar-refractivity contribution is 5.33. The molecule has 0 heterocycles. The fourth-order valence-corrected chi connectivity index (χ4v) is 1.95. The molecule has 0 aliphatic heterocycles. The second kappa shape index (κ2) is 6.60. The van der Waals surface area contributed by atoms with Crippen molar-refractivity contribution in [1.29, 1.82) is 0 Å². The largest absolute Gasteiger partial charge is 0.493 e. The van der Waals surface area contributed by atoms with Crippen molar-refractivity contribution in [2.24, 2.45) is 17.6 Å². The molecular formula is C14H22FNO. The molecule has 1 atom stereocenters. The van der Waals surface area contributed by atoms with Gasteiger partial charge in [0.1, 0.15) is 11.6 Å². The zero-order valence-corrected chi connectivity index (χ0v) is 10.9. The fraction of sp³-hybridized carbons (Fsp3) is 0.571. The van der Waals surface area contributed by atoms with Gasteiger partial charge in [0.25, 0.3) is 0 Å². The lowest BCUT2D eigenvalue weighted by Crippen LogP contribution is -2.12. The Hall–Kier alpha value is -1.09. The number of hydrogen-bond acceptors (Lipinski definition) is 2. The van der Waals surface area contributed by atoms with Crippen LogP contribution in [-0.2, 0) is 6.54 Å². The van der Waals surface area contributed by atoms with E-state index in [1.807, 2.05) is 0 Å². The number of ether oxygens (including phenoxy) is 1. The summed E-state index contributed by atoms with van der Waals surface area (Å²) in [6.45, 7) is 7.49. The monoisotopic (exact) mass is 239 g/mol. The molecule has 0 radical (unpaired) electrons. The first kappa shape index (κ1) is 14.0. The number of hydrogen-bond donors (Lipinski definition) is 1. The van der Waals surface area contributed by atoms with E-state index < -0.39 is 0 Å². The fourth-order valence-electron chi connectivity index (χ4n) is 1.95. The number of rotatable bonds is 6. The van der Waals surface area contributed by atoms with Crippen LogP contribution in [0.15, 0.2) is 18.2 Å². The lowest BCUT2D eigenvalue weighted by Gasteiger charge is -2.16. The summed E-state index contributed by atoms with van der Waals surface area (Å²) in [6, 6.07) is 4.49. The highest BCUT2D eigenvalue weighted by Gasteiger charge is 2.08. The zero-order valence-electron chi connectivity index (χ0n) is 10.9. The molecule has 0 aliphatic carbocycles. The van der Waals surface area contributed by atoms with Crippen LogP contribution in [0.3, 0.4) is 0 Å². The highest BCUT2D eigenvalue weighted by atomic mass is 19.1. The summed E-state index contributed by atoms with van der Waals surface area (Å²) < 4.78 is 18.7. The zero-order chi connectivity index (χ0) is 12.8. The highest BCUT2D eigenvalue weighted by Crippen LogP contribution is 2.21. The Kier molecular flexibility index (Phi) is 5.42. The van der Waals surface area contributed by atoms with Crippen LogP contribution in [0.5, 0.6) is 5.75 Å². The van der Waals surface area contributed by atoms with E-state index in [9.17, 15) is 4.39 Å². The van der Waals surface area contributed by atoms with Crippen molar-refractivity contribution in [2.75, 3.05) is 6.61 Å². The first-order valence-corrected chi connectivity index (χ1v) is 6.14. The van der Waals surface area contributed by atoms with E-state index in [1.54, 1.807) is 6.07 Å². The molecule has 1 aromatic rings. The summed E-state index contributed by atoms with van der Waals surface area (Å²) in [5, 5.41) is 0. The molecule has 0 spiro atoms. The van der Waals surface area contributed by atoms with Crippen LogP contribution in [0, 0.1) is 17.7 Å². The molecule has 1 aromatic carbocycles. The van der Waals surface area contributed by atoms with Crippen LogP contribution in [0.4, 0.5) is 4.39 Å². The van der Waals surface area contributed by atoms with Gasteiger partial charge in [0.15, 0.2) is 0 Å². The number of benzene rings is 1. The van der Waals surface area contributed by atoms with Crippen LogP contribution in [-0.4, -0.2) is 6.61 Å². The Labute approximate surface area is 103 Å². The molecule has 0 saturated heterocycles. The van der Waals surface area contributed by atoms with Crippen molar-refractivity contribution in [3.05, 3.63) is 29.6 Å². The molecule has 0 fully saturated rings. The van der Waals surface area contributed by atoms with Crippen molar-refractivity contribution < 1.29 is 9.13 Å². The van der Waals surface area contributed by atoms with E-state index in [4.69, 9.17) is 10.5 Å². The van der Waals surface area contributed by atoms with Gasteiger partial charge in [0.2, 0.25) is 0 Å². The summed E-state index contributed by atoms with van der Waals surface area (Å²) in [5.74, 6) is 1.58. The lowest BCUT2D eigenvalue weighted by molar-refractivity contribution is 0.237. The summed E-state index contributed by atoms with van der Waals surface area (Å²) in [6.07, 6.45) is 1.12. The first-order chi connectivity index (χ1) is 8.02. The van der Waals surface area contributed by atoms with E-state index in [0.29, 0.717) is 30.7 Å². The molecule has 0 bridgehead atoms. The minimum Gasteiger partial charge on any atom is -0.493 e. The summed E-state index contributed by atoms with van der Waals surface area (Å²) in [7, 11) is 0. The normalized spacial score (nSPS) is 12.8. The van der Waals surface area contributed by atoms with Crippen LogP contribution in [0.25, 0.3) is 0 Å². The minimum atomic E-state index is -0.270. The average molecular weight is 239 g/mol. The Morgan fingerprint density at radius 1 is 1.29 bits per heavy atom. The van der Waals surface area contributed by atoms with Gasteiger partial charge in [-0.15, -0.1) is 0 Å². The SMILES string of the molecule is CC(C)CC(C)COc1ccc(F)cc1CN. The topological polar surface area (TPSA) is 35.2 Å². The molecule has 96 valence electrons. The molecule has 1 rings (SSSR count). The van der Waals surface area contributed by atoms with E-state index >= 15 is 0 Å². The predicted octanol–water partition coefficient (Wildman–Crippen LogP) is 3.35. The van der Waals surface area contributed by atoms with Crippen molar-refractivity contribution in [2.45, 2.75) is 33.7 Å². The van der Waals surface area contributed by atoms with Gasteiger partial charge < -0.3 is 10.5 Å². The van der Waals surface area contributed by atoms with E-state index in [1.165, 1.54) is 12.1 Å². The third-order valence-corrected chi connectivity index (χ3v) is 2.64. The lowest BCUT2D eigenvalue weighted by atomic mass is 10.00. The predicted molar refractivity (Wildman–Crippen MR) is 68.4 cm³/mol. The Morgan fingerprint density at radius 2 is 2.00 bits per heavy atom. The van der Waals surface area contributed by atoms with Gasteiger partial charge >= 0.3 is 0 Å². The summed E-state index contributed by atoms with van der Waals surface area (Å²) in [4.78, 5) is 0. The molecular weight excluding hydrogens is 217 g/mol. The maximum absolute atomic E-state index is 13.0. The van der Waals surface area contributed by atoms with Crippen LogP contribution in [0.1, 0.15) is 32.8 Å². The van der Waals surface area contributed by atoms with Crippen LogP contribution >= 0.6 is 0 Å². The number of nitrogens with two attached hydrogens (primary N) is 1. The maximum Gasteiger partial charge on any atom is 0.123 e. The Balaban J connectivity index is 2.56. The van der Waals surface area contributed by atoms with Crippen molar-refractivity contribution >= 4 is 0 Å². The molecule has 2 nitrogen and oxygen atoms in total. The van der Waals surface area contributed by atoms with Crippen molar-refractivity contribution in [1.82, 2.24) is 0 Å². The van der Waals surface area contributed by atoms with E-state index in [-0.39, 0.29) is 5.82 Å². The van der Waals surface area contributed by atoms with Crippen LogP contribution in [0.2, 0.25) is 0 Å². The van der Waals surface area contributed by atoms with E-state index in [0.717, 1.165) is 12.0 Å². The molecule has 0 aromatic heterocycles. The van der Waals surface area contributed by atoms with E-state index in [2.05, 4.69) is 20.8 Å². The molecule has 2 N–H and O–H groups in total. The standard InChI is InChI=1S/C14H22FNO/c1-10(2)6-11(3)9-17-14-5-4-13(15)7-12(14)8-16/h4-5,7,10-11H,6,8-9,16H2,1-3H3. The molecule has 0 aliphatic rings. The van der Waals surface area contributed by atoms with Crippen molar-refractivity contribution in [3.63, 3.8) is 0 Å². The van der Waals surface area contributed by atoms with Gasteiger partial charge in [0.05, 0.1) is 6.61 Å². The van der Waals surface area contributed by atoms with Gasteiger partial charge in [-0.25, -0.2) is 4.39 Å². The molecule has 3 heteroatoms. The summed E-state index contributed by atoms with van der Waals surface area (Å²) in [5.41, 5.74) is 6.28. The van der Waals surface area contributed by atoms with Gasteiger partial charge in [-0.2, -0.15) is 0 Å². The maximum atomic E-state index is 13.0. The molecule has 0 amide bonds. The molecule has 0 saturated carbocycles. The van der Waals surface area contributed by atoms with Crippen LogP contribution < -0.4 is 10.5 Å². The quantitative estimate of drug-likeness (QED) is 0.826. The molecule has 17 heavy (non-hydrogen) atoms. The first-order valence-electron chi connectivity index (χ1n) is 6.14. The average Bonchev–Trinajstić information content (AvgIpc) is 2.26. The Morgan fingerprint density at radius 3 is 2.59 bits per heavy atom.